The molecule has 0 aliphatic rings. The molecule has 4 rings (SSSR count). The minimum absolute atomic E-state index is 0.0199. The number of carbonyl (C=O) groups excluding carboxylic acids is 2. The maximum Gasteiger partial charge on any atom is 0.305 e. The number of thiophene rings is 1. The summed E-state index contributed by atoms with van der Waals surface area (Å²) >= 11 is 1.58. The number of amides is 2. The molecule has 1 heterocycles. The van der Waals surface area contributed by atoms with E-state index in [4.69, 9.17) is 0 Å². The molecule has 3 aromatic carbocycles. The van der Waals surface area contributed by atoms with Crippen LogP contribution in [0.5, 0.6) is 0 Å². The van der Waals surface area contributed by atoms with Crippen LogP contribution in [-0.2, 0) is 17.8 Å². The van der Waals surface area contributed by atoms with Gasteiger partial charge in [0, 0.05) is 41.2 Å². The Hall–Kier alpha value is -4.30. The van der Waals surface area contributed by atoms with Crippen molar-refractivity contribution < 1.29 is 23.9 Å². The van der Waals surface area contributed by atoms with Crippen molar-refractivity contribution in [2.45, 2.75) is 19.4 Å². The summed E-state index contributed by atoms with van der Waals surface area (Å²) in [5, 5.41) is 14.0. The Labute approximate surface area is 224 Å². The van der Waals surface area contributed by atoms with E-state index in [1.807, 2.05) is 17.5 Å². The first kappa shape index (κ1) is 26.8. The largest absolute Gasteiger partial charge is 0.481 e. The molecule has 6 nitrogen and oxygen atoms in total. The molecule has 38 heavy (non-hydrogen) atoms. The van der Waals surface area contributed by atoms with E-state index in [2.05, 4.69) is 5.32 Å². The lowest BCUT2D eigenvalue weighted by atomic mass is 9.94. The summed E-state index contributed by atoms with van der Waals surface area (Å²) in [6, 6.07) is 24.1. The first-order valence-electron chi connectivity index (χ1n) is 12.2. The van der Waals surface area contributed by atoms with E-state index in [0.29, 0.717) is 40.8 Å². The number of hydrogen-bond acceptors (Lipinski definition) is 4. The molecule has 0 saturated heterocycles. The topological polar surface area (TPSA) is 86.7 Å². The van der Waals surface area contributed by atoms with Crippen molar-refractivity contribution in [3.05, 3.63) is 118 Å². The van der Waals surface area contributed by atoms with Crippen LogP contribution in [0, 0.1) is 5.82 Å². The molecule has 0 atom stereocenters. The van der Waals surface area contributed by atoms with Gasteiger partial charge >= 0.3 is 5.97 Å². The molecular weight excluding hydrogens is 503 g/mol. The Morgan fingerprint density at radius 2 is 1.47 bits per heavy atom. The van der Waals surface area contributed by atoms with Crippen molar-refractivity contribution in [1.29, 1.82) is 0 Å². The van der Waals surface area contributed by atoms with Crippen molar-refractivity contribution in [3.63, 3.8) is 0 Å². The number of rotatable bonds is 11. The molecule has 0 saturated carbocycles. The monoisotopic (exact) mass is 530 g/mol. The fourth-order valence-corrected chi connectivity index (χ4v) is 4.85. The maximum atomic E-state index is 14.0. The van der Waals surface area contributed by atoms with E-state index in [0.717, 1.165) is 4.88 Å². The van der Waals surface area contributed by atoms with Crippen LogP contribution in [0.4, 0.5) is 4.39 Å². The van der Waals surface area contributed by atoms with Gasteiger partial charge in [0.15, 0.2) is 0 Å². The van der Waals surface area contributed by atoms with E-state index in [-0.39, 0.29) is 25.4 Å². The van der Waals surface area contributed by atoms with Gasteiger partial charge in [0.05, 0.1) is 6.42 Å². The van der Waals surface area contributed by atoms with Gasteiger partial charge in [0.1, 0.15) is 5.82 Å². The Balaban J connectivity index is 1.61. The minimum atomic E-state index is -0.982. The summed E-state index contributed by atoms with van der Waals surface area (Å²) in [6.45, 7) is 0.455. The summed E-state index contributed by atoms with van der Waals surface area (Å²) in [4.78, 5) is 40.8. The van der Waals surface area contributed by atoms with Crippen LogP contribution in [0.3, 0.4) is 0 Å². The van der Waals surface area contributed by atoms with Crippen molar-refractivity contribution >= 4 is 29.1 Å². The maximum absolute atomic E-state index is 14.0. The number of carbonyl (C=O) groups is 3. The molecule has 2 N–H and O–H groups in total. The van der Waals surface area contributed by atoms with Crippen LogP contribution in [-0.4, -0.2) is 40.9 Å². The number of benzene rings is 3. The van der Waals surface area contributed by atoms with Crippen LogP contribution in [0.1, 0.15) is 37.6 Å². The predicted molar refractivity (Wildman–Crippen MR) is 146 cm³/mol. The molecule has 0 fully saturated rings. The van der Waals surface area contributed by atoms with E-state index < -0.39 is 17.7 Å². The van der Waals surface area contributed by atoms with E-state index in [1.54, 1.807) is 83.0 Å². The highest BCUT2D eigenvalue weighted by Gasteiger charge is 2.22. The van der Waals surface area contributed by atoms with Crippen molar-refractivity contribution in [2.75, 3.05) is 13.1 Å². The van der Waals surface area contributed by atoms with Crippen molar-refractivity contribution in [1.82, 2.24) is 10.2 Å². The average Bonchev–Trinajstić information content (AvgIpc) is 3.46. The molecule has 194 valence electrons. The predicted octanol–water partition coefficient (Wildman–Crippen LogP) is 5.64. The summed E-state index contributed by atoms with van der Waals surface area (Å²) in [5.74, 6) is -2.09. The SMILES string of the molecule is O=C(O)CCN(CCc1cccs1)C(=O)c1ccccc1-c1ccccc1C(=O)NCc1ccccc1F. The third-order valence-corrected chi connectivity index (χ3v) is 7.04. The molecule has 1 aromatic heterocycles. The number of halogens is 1. The fraction of sp³-hybridized carbons (Fsp3) is 0.167. The summed E-state index contributed by atoms with van der Waals surface area (Å²) in [6.07, 6.45) is 0.438. The van der Waals surface area contributed by atoms with Gasteiger partial charge in [-0.3, -0.25) is 14.4 Å². The molecule has 2 amide bonds. The van der Waals surface area contributed by atoms with Gasteiger partial charge < -0.3 is 15.3 Å². The van der Waals surface area contributed by atoms with Gasteiger partial charge in [-0.25, -0.2) is 4.39 Å². The second kappa shape index (κ2) is 12.8. The lowest BCUT2D eigenvalue weighted by molar-refractivity contribution is -0.137. The van der Waals surface area contributed by atoms with E-state index >= 15 is 0 Å². The Morgan fingerprint density at radius 3 is 2.16 bits per heavy atom. The lowest BCUT2D eigenvalue weighted by Crippen LogP contribution is -2.35. The van der Waals surface area contributed by atoms with Crippen LogP contribution in [0.25, 0.3) is 11.1 Å². The second-order valence-electron chi connectivity index (χ2n) is 8.63. The zero-order valence-corrected chi connectivity index (χ0v) is 21.4. The number of hydrogen-bond donors (Lipinski definition) is 2. The standard InChI is InChI=1S/C30H27FN2O4S/c31-27-14-6-1-8-21(27)20-32-29(36)25-12-4-2-10-23(25)24-11-3-5-13-26(24)30(37)33(18-16-28(34)35)17-15-22-9-7-19-38-22/h1-14,19H,15-18,20H2,(H,32,36)(H,34,35). The highest BCUT2D eigenvalue weighted by atomic mass is 32.1. The molecule has 8 heteroatoms. The third-order valence-electron chi connectivity index (χ3n) is 6.11. The number of nitrogens with zero attached hydrogens (tertiary/aromatic N) is 1. The van der Waals surface area contributed by atoms with Crippen LogP contribution in [0.2, 0.25) is 0 Å². The van der Waals surface area contributed by atoms with Gasteiger partial charge in [-0.2, -0.15) is 0 Å². The number of nitrogens with one attached hydrogen (secondary N) is 1. The summed E-state index contributed by atoms with van der Waals surface area (Å²) in [7, 11) is 0. The quantitative estimate of drug-likeness (QED) is 0.263. The molecule has 0 unspecified atom stereocenters. The second-order valence-corrected chi connectivity index (χ2v) is 9.66. The van der Waals surface area contributed by atoms with Gasteiger partial charge in [-0.15, -0.1) is 11.3 Å². The van der Waals surface area contributed by atoms with Gasteiger partial charge in [0.2, 0.25) is 0 Å². The zero-order valence-electron chi connectivity index (χ0n) is 20.6. The molecule has 0 aliphatic carbocycles. The minimum Gasteiger partial charge on any atom is -0.481 e. The highest BCUT2D eigenvalue weighted by molar-refractivity contribution is 7.09. The van der Waals surface area contributed by atoms with E-state index in [1.165, 1.54) is 6.07 Å². The number of carboxylic acids is 1. The van der Waals surface area contributed by atoms with Crippen LogP contribution in [0.15, 0.2) is 90.3 Å². The Kier molecular flexibility index (Phi) is 9.00. The molecular formula is C30H27FN2O4S. The molecule has 0 aliphatic heterocycles. The molecule has 0 spiro atoms. The zero-order chi connectivity index (χ0) is 26.9. The summed E-state index contributed by atoms with van der Waals surface area (Å²) < 4.78 is 14.0. The third kappa shape index (κ3) is 6.72. The Morgan fingerprint density at radius 1 is 0.816 bits per heavy atom. The first-order valence-corrected chi connectivity index (χ1v) is 13.1. The number of carboxylic acid groups (broad SMARTS) is 1. The van der Waals surface area contributed by atoms with Crippen molar-refractivity contribution in [2.24, 2.45) is 0 Å². The molecule has 0 bridgehead atoms. The van der Waals surface area contributed by atoms with Gasteiger partial charge in [0.25, 0.3) is 11.8 Å². The van der Waals surface area contributed by atoms with Gasteiger partial charge in [-0.05, 0) is 47.2 Å². The van der Waals surface area contributed by atoms with Crippen LogP contribution < -0.4 is 5.32 Å². The smallest absolute Gasteiger partial charge is 0.305 e. The van der Waals surface area contributed by atoms with Crippen LogP contribution >= 0.6 is 11.3 Å². The molecule has 4 aromatic rings. The summed E-state index contributed by atoms with van der Waals surface area (Å²) in [5.41, 5.74) is 2.21. The lowest BCUT2D eigenvalue weighted by Gasteiger charge is -2.24. The normalized spacial score (nSPS) is 10.7. The Bertz CT molecular complexity index is 1420. The number of aliphatic carboxylic acids is 1. The van der Waals surface area contributed by atoms with Crippen molar-refractivity contribution in [3.8, 4) is 11.1 Å². The van der Waals surface area contributed by atoms with E-state index in [9.17, 15) is 23.9 Å². The van der Waals surface area contributed by atoms with Gasteiger partial charge in [-0.1, -0.05) is 60.7 Å². The fourth-order valence-electron chi connectivity index (χ4n) is 4.15. The average molecular weight is 531 g/mol. The first-order chi connectivity index (χ1) is 18.4. The molecule has 0 radical (unpaired) electrons. The highest BCUT2D eigenvalue weighted by Crippen LogP contribution is 2.28.